The van der Waals surface area contributed by atoms with E-state index in [1.807, 2.05) is 0 Å². The molecule has 0 spiro atoms. The summed E-state index contributed by atoms with van der Waals surface area (Å²) in [4.78, 5) is 22.2. The number of carboxylic acids is 1. The van der Waals surface area contributed by atoms with Gasteiger partial charge in [-0.05, 0) is 31.1 Å². The zero-order valence-corrected chi connectivity index (χ0v) is 13.4. The van der Waals surface area contributed by atoms with E-state index in [-0.39, 0.29) is 11.9 Å². The Bertz CT molecular complexity index is 325. The minimum absolute atomic E-state index is 0.137. The van der Waals surface area contributed by atoms with Gasteiger partial charge in [-0.25, -0.2) is 4.79 Å². The molecule has 0 aliphatic heterocycles. The summed E-state index contributed by atoms with van der Waals surface area (Å²) in [6, 6.07) is -0.137. The number of nitrogens with one attached hydrogen (secondary N) is 2. The van der Waals surface area contributed by atoms with Crippen LogP contribution in [0.5, 0.6) is 0 Å². The zero-order valence-electron chi connectivity index (χ0n) is 13.4. The number of carboxylic acid groups (broad SMARTS) is 1. The Balaban J connectivity index is 1.97. The van der Waals surface area contributed by atoms with Crippen LogP contribution < -0.4 is 10.6 Å². The molecule has 1 rings (SSSR count). The predicted octanol–water partition coefficient (Wildman–Crippen LogP) is 3.00. The van der Waals surface area contributed by atoms with Crippen molar-refractivity contribution in [1.82, 2.24) is 10.6 Å². The van der Waals surface area contributed by atoms with Gasteiger partial charge >= 0.3 is 12.0 Å². The Hall–Kier alpha value is -1.26. The van der Waals surface area contributed by atoms with Gasteiger partial charge in [-0.3, -0.25) is 4.79 Å². The van der Waals surface area contributed by atoms with Gasteiger partial charge < -0.3 is 15.7 Å². The molecule has 1 saturated carbocycles. The summed E-state index contributed by atoms with van der Waals surface area (Å²) in [6.07, 6.45) is 7.57. The number of rotatable bonds is 8. The maximum Gasteiger partial charge on any atom is 0.314 e. The molecule has 5 nitrogen and oxygen atoms in total. The van der Waals surface area contributed by atoms with Gasteiger partial charge in [0.1, 0.15) is 0 Å². The van der Waals surface area contributed by atoms with Gasteiger partial charge in [0.15, 0.2) is 0 Å². The average molecular weight is 298 g/mol. The van der Waals surface area contributed by atoms with E-state index < -0.39 is 5.97 Å². The van der Waals surface area contributed by atoms with E-state index in [0.29, 0.717) is 19.4 Å². The summed E-state index contributed by atoms with van der Waals surface area (Å²) in [5.41, 5.74) is 0. The molecule has 0 radical (unpaired) electrons. The highest BCUT2D eigenvalue weighted by Gasteiger charge is 2.17. The van der Waals surface area contributed by atoms with Crippen LogP contribution in [0.25, 0.3) is 0 Å². The lowest BCUT2D eigenvalue weighted by atomic mass is 9.81. The number of hydrogen-bond acceptors (Lipinski definition) is 2. The van der Waals surface area contributed by atoms with E-state index in [1.165, 1.54) is 25.7 Å². The quantitative estimate of drug-likeness (QED) is 0.603. The van der Waals surface area contributed by atoms with Crippen molar-refractivity contribution in [2.75, 3.05) is 13.1 Å². The number of urea groups is 1. The second kappa shape index (κ2) is 9.64. The maximum atomic E-state index is 11.6. The van der Waals surface area contributed by atoms with Crippen LogP contribution in [0.2, 0.25) is 0 Å². The first-order chi connectivity index (χ1) is 9.99. The standard InChI is InChI=1S/C16H30N2O3/c1-12-5-7-14(8-6-12)9-11-18-16(21)17-10-3-4-13(2)15(19)20/h12-14H,3-11H2,1-2H3,(H,19,20)(H2,17,18,21). The lowest BCUT2D eigenvalue weighted by molar-refractivity contribution is -0.141. The fourth-order valence-electron chi connectivity index (χ4n) is 2.80. The molecule has 122 valence electrons. The average Bonchev–Trinajstić information content (AvgIpc) is 2.45. The topological polar surface area (TPSA) is 78.4 Å². The number of carbonyl (C=O) groups excluding carboxylic acids is 1. The molecule has 1 unspecified atom stereocenters. The Labute approximate surface area is 127 Å². The minimum atomic E-state index is -0.777. The third kappa shape index (κ3) is 7.93. The van der Waals surface area contributed by atoms with Crippen LogP contribution in [0.4, 0.5) is 4.79 Å². The third-order valence-electron chi connectivity index (χ3n) is 4.49. The molecular formula is C16H30N2O3. The van der Waals surface area contributed by atoms with Gasteiger partial charge in [0.2, 0.25) is 0 Å². The zero-order chi connectivity index (χ0) is 15.7. The first-order valence-corrected chi connectivity index (χ1v) is 8.23. The summed E-state index contributed by atoms with van der Waals surface area (Å²) in [6.45, 7) is 5.27. The van der Waals surface area contributed by atoms with Crippen molar-refractivity contribution in [2.45, 2.75) is 58.8 Å². The fourth-order valence-corrected chi connectivity index (χ4v) is 2.80. The molecule has 21 heavy (non-hydrogen) atoms. The lowest BCUT2D eigenvalue weighted by Gasteiger charge is -2.26. The van der Waals surface area contributed by atoms with Crippen molar-refractivity contribution in [2.24, 2.45) is 17.8 Å². The van der Waals surface area contributed by atoms with Crippen LogP contribution >= 0.6 is 0 Å². The summed E-state index contributed by atoms with van der Waals surface area (Å²) >= 11 is 0. The highest BCUT2D eigenvalue weighted by molar-refractivity contribution is 5.73. The number of aliphatic carboxylic acids is 1. The smallest absolute Gasteiger partial charge is 0.314 e. The maximum absolute atomic E-state index is 11.6. The van der Waals surface area contributed by atoms with E-state index in [9.17, 15) is 9.59 Å². The van der Waals surface area contributed by atoms with Crippen molar-refractivity contribution in [3.8, 4) is 0 Å². The molecule has 1 fully saturated rings. The molecule has 3 N–H and O–H groups in total. The molecule has 0 saturated heterocycles. The largest absolute Gasteiger partial charge is 0.481 e. The van der Waals surface area contributed by atoms with Crippen LogP contribution in [0, 0.1) is 17.8 Å². The molecule has 1 aliphatic rings. The number of carbonyl (C=O) groups is 2. The summed E-state index contributed by atoms with van der Waals surface area (Å²) < 4.78 is 0. The van der Waals surface area contributed by atoms with Gasteiger partial charge in [-0.2, -0.15) is 0 Å². The Morgan fingerprint density at radius 1 is 1.14 bits per heavy atom. The first-order valence-electron chi connectivity index (χ1n) is 8.23. The highest BCUT2D eigenvalue weighted by atomic mass is 16.4. The van der Waals surface area contributed by atoms with E-state index in [1.54, 1.807) is 6.92 Å². The van der Waals surface area contributed by atoms with Crippen molar-refractivity contribution in [3.05, 3.63) is 0 Å². The van der Waals surface area contributed by atoms with E-state index in [4.69, 9.17) is 5.11 Å². The van der Waals surface area contributed by atoms with Crippen molar-refractivity contribution in [3.63, 3.8) is 0 Å². The minimum Gasteiger partial charge on any atom is -0.481 e. The van der Waals surface area contributed by atoms with Crippen LogP contribution in [0.1, 0.15) is 58.8 Å². The number of amides is 2. The second-order valence-corrected chi connectivity index (χ2v) is 6.48. The monoisotopic (exact) mass is 298 g/mol. The molecular weight excluding hydrogens is 268 g/mol. The van der Waals surface area contributed by atoms with E-state index in [0.717, 1.165) is 24.8 Å². The molecule has 0 aromatic heterocycles. The normalized spacial score (nSPS) is 23.3. The van der Waals surface area contributed by atoms with Crippen LogP contribution in [-0.2, 0) is 4.79 Å². The van der Waals surface area contributed by atoms with Crippen molar-refractivity contribution < 1.29 is 14.7 Å². The summed E-state index contributed by atoms with van der Waals surface area (Å²) in [7, 11) is 0. The Kier molecular flexibility index (Phi) is 8.16. The van der Waals surface area contributed by atoms with Gasteiger partial charge in [0.05, 0.1) is 5.92 Å². The molecule has 0 bridgehead atoms. The van der Waals surface area contributed by atoms with Crippen molar-refractivity contribution in [1.29, 1.82) is 0 Å². The highest BCUT2D eigenvalue weighted by Crippen LogP contribution is 2.29. The van der Waals surface area contributed by atoms with Gasteiger partial charge in [-0.15, -0.1) is 0 Å². The summed E-state index contributed by atoms with van der Waals surface area (Å²) in [5.74, 6) is 0.508. The molecule has 0 heterocycles. The Morgan fingerprint density at radius 2 is 1.76 bits per heavy atom. The predicted molar refractivity (Wildman–Crippen MR) is 83.2 cm³/mol. The van der Waals surface area contributed by atoms with Crippen LogP contribution in [0.3, 0.4) is 0 Å². The summed E-state index contributed by atoms with van der Waals surface area (Å²) in [5, 5.41) is 14.4. The third-order valence-corrected chi connectivity index (χ3v) is 4.49. The molecule has 1 atom stereocenters. The molecule has 1 aliphatic carbocycles. The molecule has 2 amide bonds. The van der Waals surface area contributed by atoms with Crippen molar-refractivity contribution >= 4 is 12.0 Å². The van der Waals surface area contributed by atoms with Gasteiger partial charge in [0, 0.05) is 13.1 Å². The van der Waals surface area contributed by atoms with Gasteiger partial charge in [0.25, 0.3) is 0 Å². The van der Waals surface area contributed by atoms with Crippen LogP contribution in [-0.4, -0.2) is 30.2 Å². The SMILES string of the molecule is CC1CCC(CCNC(=O)NCCCC(C)C(=O)O)CC1. The van der Waals surface area contributed by atoms with Crippen LogP contribution in [0.15, 0.2) is 0 Å². The van der Waals surface area contributed by atoms with E-state index >= 15 is 0 Å². The fraction of sp³-hybridized carbons (Fsp3) is 0.875. The molecule has 0 aromatic carbocycles. The van der Waals surface area contributed by atoms with E-state index in [2.05, 4.69) is 17.6 Å². The molecule has 0 aromatic rings. The second-order valence-electron chi connectivity index (χ2n) is 6.48. The Morgan fingerprint density at radius 3 is 2.38 bits per heavy atom. The van der Waals surface area contributed by atoms with Gasteiger partial charge in [-0.1, -0.05) is 39.5 Å². The molecule has 5 heteroatoms. The first kappa shape index (κ1) is 17.8. The number of hydrogen-bond donors (Lipinski definition) is 3. The lowest BCUT2D eigenvalue weighted by Crippen LogP contribution is -2.37.